The zero-order valence-corrected chi connectivity index (χ0v) is 13.0. The predicted octanol–water partition coefficient (Wildman–Crippen LogP) is 1.93. The quantitative estimate of drug-likeness (QED) is 0.714. The minimum absolute atomic E-state index is 0.100. The first-order valence-electron chi connectivity index (χ1n) is 6.44. The van der Waals surface area contributed by atoms with Crippen LogP contribution < -0.4 is 11.2 Å². The number of nitrogens with zero attached hydrogens (tertiary/aromatic N) is 4. The van der Waals surface area contributed by atoms with E-state index >= 15 is 0 Å². The molecular formula is C13H9ClF2N4O2S. The number of rotatable bonds is 4. The summed E-state index contributed by atoms with van der Waals surface area (Å²) < 4.78 is 27.4. The van der Waals surface area contributed by atoms with E-state index in [0.29, 0.717) is 15.6 Å². The van der Waals surface area contributed by atoms with Crippen molar-refractivity contribution in [1.29, 1.82) is 0 Å². The number of aromatic nitrogens is 4. The van der Waals surface area contributed by atoms with Crippen LogP contribution in [0.2, 0.25) is 4.47 Å². The van der Waals surface area contributed by atoms with Gasteiger partial charge in [0.25, 0.3) is 12.0 Å². The van der Waals surface area contributed by atoms with Crippen LogP contribution in [0.3, 0.4) is 0 Å². The Morgan fingerprint density at radius 2 is 2.13 bits per heavy atom. The summed E-state index contributed by atoms with van der Waals surface area (Å²) in [6.45, 7) is -0.660. The molecule has 0 saturated carbocycles. The molecule has 0 aliphatic carbocycles. The van der Waals surface area contributed by atoms with Crippen molar-refractivity contribution in [2.45, 2.75) is 19.5 Å². The number of thiazole rings is 1. The van der Waals surface area contributed by atoms with Crippen LogP contribution >= 0.6 is 22.9 Å². The maximum atomic E-state index is 12.5. The molecule has 0 radical (unpaired) electrons. The topological polar surface area (TPSA) is 69.8 Å². The number of hydrogen-bond donors (Lipinski definition) is 0. The fourth-order valence-corrected chi connectivity index (χ4v) is 3.15. The zero-order chi connectivity index (χ0) is 16.6. The van der Waals surface area contributed by atoms with E-state index in [-0.39, 0.29) is 11.4 Å². The fourth-order valence-electron chi connectivity index (χ4n) is 2.17. The summed E-state index contributed by atoms with van der Waals surface area (Å²) in [4.78, 5) is 32.6. The zero-order valence-electron chi connectivity index (χ0n) is 11.4. The van der Waals surface area contributed by atoms with Crippen LogP contribution in [-0.4, -0.2) is 25.5 Å². The predicted molar refractivity (Wildman–Crippen MR) is 81.6 cm³/mol. The summed E-state index contributed by atoms with van der Waals surface area (Å²) in [5, 5.41) is 0. The highest BCUT2D eigenvalue weighted by Crippen LogP contribution is 2.21. The van der Waals surface area contributed by atoms with E-state index in [2.05, 4.69) is 9.97 Å². The molecule has 0 aromatic carbocycles. The van der Waals surface area contributed by atoms with Gasteiger partial charge in [-0.25, -0.2) is 18.6 Å². The van der Waals surface area contributed by atoms with Gasteiger partial charge in [0.2, 0.25) is 0 Å². The van der Waals surface area contributed by atoms with E-state index in [0.717, 1.165) is 4.88 Å². The first kappa shape index (κ1) is 15.8. The number of halogens is 3. The van der Waals surface area contributed by atoms with Crippen molar-refractivity contribution >= 4 is 22.9 Å². The van der Waals surface area contributed by atoms with E-state index in [1.165, 1.54) is 17.4 Å². The molecule has 3 heterocycles. The van der Waals surface area contributed by atoms with Crippen molar-refractivity contribution in [3.63, 3.8) is 0 Å². The number of hydrogen-bond acceptors (Lipinski definition) is 5. The Morgan fingerprint density at radius 3 is 2.78 bits per heavy atom. The van der Waals surface area contributed by atoms with Crippen LogP contribution in [0.15, 0.2) is 34.1 Å². The summed E-state index contributed by atoms with van der Waals surface area (Å²) in [5.41, 5.74) is -1.68. The molecule has 0 amide bonds. The first-order chi connectivity index (χ1) is 11.0. The van der Waals surface area contributed by atoms with E-state index in [1.807, 2.05) is 0 Å². The van der Waals surface area contributed by atoms with Gasteiger partial charge in [-0.15, -0.1) is 11.3 Å². The van der Waals surface area contributed by atoms with Gasteiger partial charge in [-0.1, -0.05) is 11.6 Å². The van der Waals surface area contributed by atoms with Gasteiger partial charge in [0, 0.05) is 17.3 Å². The van der Waals surface area contributed by atoms with Crippen LogP contribution in [0.25, 0.3) is 11.4 Å². The Hall–Kier alpha value is -2.13. The molecule has 6 nitrogen and oxygen atoms in total. The van der Waals surface area contributed by atoms with Gasteiger partial charge in [-0.05, 0) is 12.1 Å². The van der Waals surface area contributed by atoms with Crippen LogP contribution in [-0.2, 0) is 13.1 Å². The van der Waals surface area contributed by atoms with E-state index in [1.54, 1.807) is 23.0 Å². The van der Waals surface area contributed by atoms with Crippen molar-refractivity contribution in [3.8, 4) is 11.4 Å². The van der Waals surface area contributed by atoms with Crippen LogP contribution in [0.1, 0.15) is 4.88 Å². The van der Waals surface area contributed by atoms with Gasteiger partial charge < -0.3 is 4.57 Å². The maximum absolute atomic E-state index is 12.5. The van der Waals surface area contributed by atoms with Gasteiger partial charge in [0.1, 0.15) is 0 Å². The largest absolute Gasteiger partial charge is 0.352 e. The highest BCUT2D eigenvalue weighted by Gasteiger charge is 2.19. The van der Waals surface area contributed by atoms with Gasteiger partial charge in [0.15, 0.2) is 10.3 Å². The lowest BCUT2D eigenvalue weighted by atomic mass is 10.2. The second-order valence-corrected chi connectivity index (χ2v) is 6.35. The third-order valence-electron chi connectivity index (χ3n) is 3.12. The van der Waals surface area contributed by atoms with E-state index in [9.17, 15) is 18.4 Å². The van der Waals surface area contributed by atoms with Crippen LogP contribution in [0, 0.1) is 0 Å². The standard InChI is InChI=1S/C13H9ClF2N4O2S/c14-12-17-4-7(23-12)5-19-3-1-2-8-10(19)18-13(22)20(11(8)21)6-9(15)16/h1-4,9H,5-6H2. The third kappa shape index (κ3) is 3.15. The Morgan fingerprint density at radius 1 is 1.35 bits per heavy atom. The lowest BCUT2D eigenvalue weighted by Crippen LogP contribution is -2.39. The van der Waals surface area contributed by atoms with Crippen LogP contribution in [0.4, 0.5) is 8.78 Å². The lowest BCUT2D eigenvalue weighted by molar-refractivity contribution is 0.123. The molecule has 0 spiro atoms. The molecule has 10 heteroatoms. The Labute approximate surface area is 137 Å². The Kier molecular flexibility index (Phi) is 4.22. The summed E-state index contributed by atoms with van der Waals surface area (Å²) in [6, 6.07) is 3.04. The summed E-state index contributed by atoms with van der Waals surface area (Å²) in [7, 11) is 0. The van der Waals surface area contributed by atoms with Crippen molar-refractivity contribution in [2.75, 3.05) is 0 Å². The molecule has 3 rings (SSSR count). The monoisotopic (exact) mass is 358 g/mol. The molecule has 1 aromatic rings. The fraction of sp³-hybridized carbons (Fsp3) is 0.231. The minimum Gasteiger partial charge on any atom is -0.327 e. The minimum atomic E-state index is -2.81. The highest BCUT2D eigenvalue weighted by atomic mass is 35.5. The SMILES string of the molecule is O=c1nc2n(Cc3cnc(Cl)s3)cccc-2c(=O)n1CC(F)F. The van der Waals surface area contributed by atoms with Crippen molar-refractivity contribution in [2.24, 2.45) is 0 Å². The Bertz CT molecular complexity index is 936. The average molecular weight is 359 g/mol. The maximum Gasteiger partial charge on any atom is 0.352 e. The normalized spacial score (nSPS) is 11.5. The number of fused-ring (bicyclic) bond motifs is 1. The molecule has 120 valence electrons. The second kappa shape index (κ2) is 6.17. The second-order valence-electron chi connectivity index (χ2n) is 4.65. The molecule has 0 unspecified atom stereocenters. The molecule has 0 atom stereocenters. The van der Waals surface area contributed by atoms with Crippen molar-refractivity contribution in [3.05, 3.63) is 54.7 Å². The molecule has 0 N–H and O–H groups in total. The lowest BCUT2D eigenvalue weighted by Gasteiger charge is -2.14. The van der Waals surface area contributed by atoms with Gasteiger partial charge >= 0.3 is 5.69 Å². The van der Waals surface area contributed by atoms with Gasteiger partial charge in [-0.2, -0.15) is 4.98 Å². The highest BCUT2D eigenvalue weighted by molar-refractivity contribution is 7.15. The molecule has 2 aliphatic heterocycles. The molecule has 23 heavy (non-hydrogen) atoms. The average Bonchev–Trinajstić information content (AvgIpc) is 2.89. The van der Waals surface area contributed by atoms with Crippen LogP contribution in [0.5, 0.6) is 0 Å². The van der Waals surface area contributed by atoms with Gasteiger partial charge in [-0.3, -0.25) is 9.36 Å². The summed E-state index contributed by atoms with van der Waals surface area (Å²) in [5.74, 6) is 0.137. The van der Waals surface area contributed by atoms with E-state index < -0.39 is 24.2 Å². The van der Waals surface area contributed by atoms with Crippen molar-refractivity contribution < 1.29 is 8.78 Å². The molecule has 0 bridgehead atoms. The molecule has 1 aromatic heterocycles. The first-order valence-corrected chi connectivity index (χ1v) is 7.63. The van der Waals surface area contributed by atoms with Crippen molar-refractivity contribution in [1.82, 2.24) is 19.1 Å². The summed E-state index contributed by atoms with van der Waals surface area (Å²) >= 11 is 7.03. The molecule has 0 fully saturated rings. The molecule has 0 saturated heterocycles. The van der Waals surface area contributed by atoms with Gasteiger partial charge in [0.05, 0.1) is 18.7 Å². The smallest absolute Gasteiger partial charge is 0.327 e. The summed E-state index contributed by atoms with van der Waals surface area (Å²) in [6.07, 6.45) is 0.406. The molecular weight excluding hydrogens is 350 g/mol. The number of alkyl halides is 2. The Balaban J connectivity index is 2.11. The number of pyridine rings is 1. The third-order valence-corrected chi connectivity index (χ3v) is 4.22. The van der Waals surface area contributed by atoms with E-state index in [4.69, 9.17) is 11.6 Å². The molecule has 2 aliphatic rings.